The third-order valence-electron chi connectivity index (χ3n) is 2.43. The smallest absolute Gasteiger partial charge is 0.356 e. The lowest BCUT2D eigenvalue weighted by atomic mass is 10.2. The van der Waals surface area contributed by atoms with Crippen molar-refractivity contribution in [3.8, 4) is 6.07 Å². The first-order valence-corrected chi connectivity index (χ1v) is 6.14. The Morgan fingerprint density at radius 2 is 2.24 bits per heavy atom. The number of hydrogen-bond donors (Lipinski definition) is 2. The second-order valence-electron chi connectivity index (χ2n) is 3.90. The van der Waals surface area contributed by atoms with Crippen LogP contribution >= 0.6 is 11.6 Å². The van der Waals surface area contributed by atoms with Crippen molar-refractivity contribution in [1.29, 1.82) is 5.26 Å². The van der Waals surface area contributed by atoms with Crippen molar-refractivity contribution < 1.29 is 14.3 Å². The Labute approximate surface area is 124 Å². The zero-order chi connectivity index (χ0) is 15.2. The zero-order valence-corrected chi connectivity index (χ0v) is 11.3. The molecule has 7 nitrogen and oxygen atoms in total. The fourth-order valence-electron chi connectivity index (χ4n) is 1.46. The van der Waals surface area contributed by atoms with Crippen LogP contribution in [0.3, 0.4) is 0 Å². The van der Waals surface area contributed by atoms with E-state index in [4.69, 9.17) is 21.6 Å². The van der Waals surface area contributed by atoms with E-state index >= 15 is 0 Å². The van der Waals surface area contributed by atoms with Crippen LogP contribution in [0.4, 0.5) is 5.69 Å². The lowest BCUT2D eigenvalue weighted by molar-refractivity contribution is -0.119. The number of halogens is 1. The Morgan fingerprint density at radius 1 is 1.43 bits per heavy atom. The molecule has 0 unspecified atom stereocenters. The maximum atomic E-state index is 11.6. The van der Waals surface area contributed by atoms with Gasteiger partial charge in [-0.05, 0) is 24.3 Å². The molecule has 1 aromatic carbocycles. The zero-order valence-electron chi connectivity index (χ0n) is 10.6. The number of esters is 1. The second kappa shape index (κ2) is 6.54. The molecule has 8 heteroatoms. The van der Waals surface area contributed by atoms with Gasteiger partial charge in [0, 0.05) is 11.9 Å². The number of amides is 1. The van der Waals surface area contributed by atoms with Gasteiger partial charge in [-0.1, -0.05) is 11.6 Å². The van der Waals surface area contributed by atoms with Crippen molar-refractivity contribution in [1.82, 2.24) is 10.2 Å². The topological polar surface area (TPSA) is 108 Å². The fourth-order valence-corrected chi connectivity index (χ4v) is 1.68. The molecule has 1 aromatic heterocycles. The third-order valence-corrected chi connectivity index (χ3v) is 2.74. The predicted octanol–water partition coefficient (Wildman–Crippen LogP) is 1.73. The van der Waals surface area contributed by atoms with E-state index < -0.39 is 18.5 Å². The van der Waals surface area contributed by atoms with E-state index in [1.807, 2.05) is 6.07 Å². The van der Waals surface area contributed by atoms with E-state index in [0.717, 1.165) is 0 Å². The van der Waals surface area contributed by atoms with Crippen LogP contribution in [0, 0.1) is 11.3 Å². The van der Waals surface area contributed by atoms with Gasteiger partial charge in [0.1, 0.15) is 11.8 Å². The first-order chi connectivity index (χ1) is 10.1. The lowest BCUT2D eigenvalue weighted by Gasteiger charge is -2.06. The Hall–Kier alpha value is -2.85. The van der Waals surface area contributed by atoms with Crippen LogP contribution < -0.4 is 5.32 Å². The molecule has 2 N–H and O–H groups in total. The summed E-state index contributed by atoms with van der Waals surface area (Å²) in [5.74, 6) is -1.20. The first kappa shape index (κ1) is 14.6. The van der Waals surface area contributed by atoms with Crippen LogP contribution in [0.2, 0.25) is 5.02 Å². The van der Waals surface area contributed by atoms with Crippen molar-refractivity contribution in [2.24, 2.45) is 0 Å². The second-order valence-corrected chi connectivity index (χ2v) is 4.31. The van der Waals surface area contributed by atoms with Crippen molar-refractivity contribution in [3.63, 3.8) is 0 Å². The molecule has 0 fully saturated rings. The maximum absolute atomic E-state index is 11.6. The van der Waals surface area contributed by atoms with Crippen LogP contribution in [0.5, 0.6) is 0 Å². The number of carbonyl (C=O) groups is 2. The number of nitrogens with zero attached hydrogens (tertiary/aromatic N) is 2. The molecule has 0 aliphatic rings. The largest absolute Gasteiger partial charge is 0.451 e. The van der Waals surface area contributed by atoms with E-state index in [1.165, 1.54) is 30.5 Å². The molecule has 21 heavy (non-hydrogen) atoms. The summed E-state index contributed by atoms with van der Waals surface area (Å²) in [7, 11) is 0. The molecule has 0 atom stereocenters. The maximum Gasteiger partial charge on any atom is 0.356 e. The summed E-state index contributed by atoms with van der Waals surface area (Å²) in [6.07, 6.45) is 1.40. The Bertz CT molecular complexity index is 707. The van der Waals surface area contributed by atoms with Gasteiger partial charge < -0.3 is 10.1 Å². The van der Waals surface area contributed by atoms with Gasteiger partial charge in [0.05, 0.1) is 10.6 Å². The number of benzene rings is 1. The van der Waals surface area contributed by atoms with Crippen LogP contribution in [-0.4, -0.2) is 28.7 Å². The molecule has 0 radical (unpaired) electrons. The molecular weight excluding hydrogens is 296 g/mol. The molecule has 1 amide bonds. The van der Waals surface area contributed by atoms with Crippen molar-refractivity contribution in [2.75, 3.05) is 11.9 Å². The Balaban J connectivity index is 1.89. The highest BCUT2D eigenvalue weighted by molar-refractivity contribution is 6.32. The number of aromatic nitrogens is 2. The number of aromatic amines is 1. The van der Waals surface area contributed by atoms with Crippen LogP contribution in [0.25, 0.3) is 0 Å². The number of nitriles is 1. The highest BCUT2D eigenvalue weighted by Gasteiger charge is 2.11. The molecule has 2 rings (SSSR count). The van der Waals surface area contributed by atoms with E-state index in [0.29, 0.717) is 11.3 Å². The molecule has 0 aliphatic carbocycles. The summed E-state index contributed by atoms with van der Waals surface area (Å²) in [6.45, 7) is -0.449. The standard InChI is InChI=1S/C13H9ClN4O3/c14-10-5-9(2-1-8(10)6-15)17-12(19)7-21-13(20)11-3-4-16-18-11/h1-5H,7H2,(H,16,18)(H,17,19). The minimum absolute atomic E-state index is 0.157. The number of H-pyrrole nitrogens is 1. The van der Waals surface area contributed by atoms with Crippen molar-refractivity contribution in [2.45, 2.75) is 0 Å². The van der Waals surface area contributed by atoms with Gasteiger partial charge in [0.25, 0.3) is 5.91 Å². The van der Waals surface area contributed by atoms with Gasteiger partial charge in [-0.25, -0.2) is 4.79 Å². The van der Waals surface area contributed by atoms with Crippen LogP contribution in [-0.2, 0) is 9.53 Å². The summed E-state index contributed by atoms with van der Waals surface area (Å²) >= 11 is 5.84. The number of anilines is 1. The molecular formula is C13H9ClN4O3. The third kappa shape index (κ3) is 3.81. The predicted molar refractivity (Wildman–Crippen MR) is 73.7 cm³/mol. The average molecular weight is 305 g/mol. The number of hydrogen-bond acceptors (Lipinski definition) is 5. The molecule has 0 saturated carbocycles. The van der Waals surface area contributed by atoms with E-state index in [9.17, 15) is 9.59 Å². The van der Waals surface area contributed by atoms with Crippen LogP contribution in [0.1, 0.15) is 16.1 Å². The van der Waals surface area contributed by atoms with E-state index in [2.05, 4.69) is 15.5 Å². The molecule has 1 heterocycles. The first-order valence-electron chi connectivity index (χ1n) is 5.76. The molecule has 2 aromatic rings. The number of carbonyl (C=O) groups excluding carboxylic acids is 2. The number of ether oxygens (including phenoxy) is 1. The highest BCUT2D eigenvalue weighted by atomic mass is 35.5. The lowest BCUT2D eigenvalue weighted by Crippen LogP contribution is -2.21. The SMILES string of the molecule is N#Cc1ccc(NC(=O)COC(=O)c2ccn[nH]2)cc1Cl. The molecule has 0 bridgehead atoms. The molecule has 0 aliphatic heterocycles. The number of rotatable bonds is 4. The fraction of sp³-hybridized carbons (Fsp3) is 0.0769. The number of nitrogens with one attached hydrogen (secondary N) is 2. The summed E-state index contributed by atoms with van der Waals surface area (Å²) in [5, 5.41) is 17.5. The van der Waals surface area contributed by atoms with Crippen molar-refractivity contribution >= 4 is 29.2 Å². The molecule has 0 saturated heterocycles. The summed E-state index contributed by atoms with van der Waals surface area (Å²) in [4.78, 5) is 23.1. The average Bonchev–Trinajstić information content (AvgIpc) is 2.99. The quantitative estimate of drug-likeness (QED) is 0.836. The summed E-state index contributed by atoms with van der Waals surface area (Å²) in [6, 6.07) is 7.79. The van der Waals surface area contributed by atoms with Crippen LogP contribution in [0.15, 0.2) is 30.5 Å². The highest BCUT2D eigenvalue weighted by Crippen LogP contribution is 2.20. The normalized spacial score (nSPS) is 9.71. The van der Waals surface area contributed by atoms with Crippen molar-refractivity contribution in [3.05, 3.63) is 46.7 Å². The minimum atomic E-state index is -0.680. The Morgan fingerprint density at radius 3 is 2.86 bits per heavy atom. The van der Waals surface area contributed by atoms with Gasteiger partial charge >= 0.3 is 5.97 Å². The van der Waals surface area contributed by atoms with E-state index in [-0.39, 0.29) is 10.7 Å². The minimum Gasteiger partial charge on any atom is -0.451 e. The molecule has 0 spiro atoms. The van der Waals surface area contributed by atoms with Gasteiger partial charge in [-0.15, -0.1) is 0 Å². The molecule has 106 valence electrons. The van der Waals surface area contributed by atoms with Gasteiger partial charge in [-0.3, -0.25) is 9.89 Å². The van der Waals surface area contributed by atoms with E-state index in [1.54, 1.807) is 0 Å². The van der Waals surface area contributed by atoms with Gasteiger partial charge in [-0.2, -0.15) is 10.4 Å². The van der Waals surface area contributed by atoms with Gasteiger partial charge in [0.15, 0.2) is 6.61 Å². The summed E-state index contributed by atoms with van der Waals surface area (Å²) < 4.78 is 4.79. The monoisotopic (exact) mass is 304 g/mol. The Kier molecular flexibility index (Phi) is 4.53. The van der Waals surface area contributed by atoms with Gasteiger partial charge in [0.2, 0.25) is 0 Å². The summed E-state index contributed by atoms with van der Waals surface area (Å²) in [5.41, 5.74) is 0.867.